The predicted octanol–water partition coefficient (Wildman–Crippen LogP) is 0.325. The summed E-state index contributed by atoms with van der Waals surface area (Å²) >= 11 is 0. The summed E-state index contributed by atoms with van der Waals surface area (Å²) in [5.74, 6) is -2.29. The van der Waals surface area contributed by atoms with Gasteiger partial charge in [0.1, 0.15) is 5.75 Å². The molecule has 1 aliphatic rings. The SMILES string of the molecule is O=C(O)CCCS(=O)(=O)CC(=O)NC1CCCC1. The van der Waals surface area contributed by atoms with Crippen molar-refractivity contribution in [2.24, 2.45) is 0 Å². The number of carbonyl (C=O) groups excluding carboxylic acids is 1. The fraction of sp³-hybridized carbons (Fsp3) is 0.818. The van der Waals surface area contributed by atoms with Crippen molar-refractivity contribution in [3.8, 4) is 0 Å². The second-order valence-corrected chi connectivity index (χ2v) is 6.82. The van der Waals surface area contributed by atoms with Crippen LogP contribution in [0.1, 0.15) is 38.5 Å². The van der Waals surface area contributed by atoms with Crippen molar-refractivity contribution in [1.82, 2.24) is 5.32 Å². The van der Waals surface area contributed by atoms with Gasteiger partial charge in [0.25, 0.3) is 0 Å². The zero-order chi connectivity index (χ0) is 13.6. The Labute approximate surface area is 107 Å². The third-order valence-corrected chi connectivity index (χ3v) is 4.53. The molecule has 0 aromatic rings. The Balaban J connectivity index is 2.30. The Hall–Kier alpha value is -1.11. The van der Waals surface area contributed by atoms with Crippen LogP contribution in [0.4, 0.5) is 0 Å². The summed E-state index contributed by atoms with van der Waals surface area (Å²) in [6, 6.07) is 0.103. The first-order valence-corrected chi connectivity index (χ1v) is 7.93. The molecular formula is C11H19NO5S. The molecule has 0 heterocycles. The van der Waals surface area contributed by atoms with E-state index in [-0.39, 0.29) is 24.6 Å². The summed E-state index contributed by atoms with van der Waals surface area (Å²) in [5, 5.41) is 11.1. The second kappa shape index (κ2) is 6.72. The van der Waals surface area contributed by atoms with E-state index in [2.05, 4.69) is 5.32 Å². The number of sulfone groups is 1. The number of amides is 1. The fourth-order valence-electron chi connectivity index (χ4n) is 2.05. The number of carboxylic acid groups (broad SMARTS) is 1. The zero-order valence-corrected chi connectivity index (χ0v) is 11.0. The average molecular weight is 277 g/mol. The molecule has 18 heavy (non-hydrogen) atoms. The smallest absolute Gasteiger partial charge is 0.303 e. The molecule has 1 saturated carbocycles. The molecule has 0 aromatic heterocycles. The van der Waals surface area contributed by atoms with Crippen LogP contribution in [0.15, 0.2) is 0 Å². The molecule has 0 unspecified atom stereocenters. The summed E-state index contributed by atoms with van der Waals surface area (Å²) in [4.78, 5) is 21.8. The molecule has 0 atom stereocenters. The van der Waals surface area contributed by atoms with Crippen molar-refractivity contribution < 1.29 is 23.1 Å². The average Bonchev–Trinajstić information content (AvgIpc) is 2.67. The lowest BCUT2D eigenvalue weighted by Gasteiger charge is -2.11. The van der Waals surface area contributed by atoms with Crippen LogP contribution >= 0.6 is 0 Å². The van der Waals surface area contributed by atoms with Crippen molar-refractivity contribution in [2.45, 2.75) is 44.6 Å². The van der Waals surface area contributed by atoms with E-state index in [4.69, 9.17) is 5.11 Å². The first kappa shape index (κ1) is 14.9. The van der Waals surface area contributed by atoms with E-state index < -0.39 is 27.5 Å². The number of rotatable bonds is 7. The van der Waals surface area contributed by atoms with Crippen LogP contribution in [0.3, 0.4) is 0 Å². The van der Waals surface area contributed by atoms with Crippen LogP contribution in [0, 0.1) is 0 Å². The maximum atomic E-state index is 11.5. The third-order valence-electron chi connectivity index (χ3n) is 2.92. The van der Waals surface area contributed by atoms with Gasteiger partial charge in [-0.15, -0.1) is 0 Å². The zero-order valence-electron chi connectivity index (χ0n) is 10.2. The van der Waals surface area contributed by atoms with Gasteiger partial charge in [0, 0.05) is 12.5 Å². The van der Waals surface area contributed by atoms with Gasteiger partial charge in [-0.2, -0.15) is 0 Å². The van der Waals surface area contributed by atoms with Gasteiger partial charge in [0.05, 0.1) is 5.75 Å². The van der Waals surface area contributed by atoms with Gasteiger partial charge in [0.15, 0.2) is 9.84 Å². The van der Waals surface area contributed by atoms with E-state index in [9.17, 15) is 18.0 Å². The molecule has 1 rings (SSSR count). The van der Waals surface area contributed by atoms with Gasteiger partial charge >= 0.3 is 5.97 Å². The van der Waals surface area contributed by atoms with Crippen LogP contribution in [0.25, 0.3) is 0 Å². The van der Waals surface area contributed by atoms with Crippen molar-refractivity contribution >= 4 is 21.7 Å². The Morgan fingerprint density at radius 1 is 1.22 bits per heavy atom. The van der Waals surface area contributed by atoms with E-state index in [0.29, 0.717) is 0 Å². The molecule has 0 aromatic carbocycles. The van der Waals surface area contributed by atoms with Crippen LogP contribution in [0.2, 0.25) is 0 Å². The Morgan fingerprint density at radius 3 is 2.39 bits per heavy atom. The van der Waals surface area contributed by atoms with Gasteiger partial charge in [-0.1, -0.05) is 12.8 Å². The highest BCUT2D eigenvalue weighted by Gasteiger charge is 2.21. The van der Waals surface area contributed by atoms with Crippen molar-refractivity contribution in [1.29, 1.82) is 0 Å². The molecule has 1 fully saturated rings. The van der Waals surface area contributed by atoms with Crippen LogP contribution in [-0.2, 0) is 19.4 Å². The summed E-state index contributed by atoms with van der Waals surface area (Å²) in [6.45, 7) is 0. The Kier molecular flexibility index (Phi) is 5.58. The lowest BCUT2D eigenvalue weighted by atomic mass is 10.2. The van der Waals surface area contributed by atoms with Gasteiger partial charge in [-0.05, 0) is 19.3 Å². The monoisotopic (exact) mass is 277 g/mol. The minimum atomic E-state index is -3.49. The molecule has 1 aliphatic carbocycles. The summed E-state index contributed by atoms with van der Waals surface area (Å²) in [5.41, 5.74) is 0. The topological polar surface area (TPSA) is 101 Å². The van der Waals surface area contributed by atoms with Gasteiger partial charge < -0.3 is 10.4 Å². The van der Waals surface area contributed by atoms with Crippen LogP contribution in [-0.4, -0.2) is 42.9 Å². The van der Waals surface area contributed by atoms with Crippen LogP contribution < -0.4 is 5.32 Å². The van der Waals surface area contributed by atoms with E-state index in [0.717, 1.165) is 25.7 Å². The standard InChI is InChI=1S/C11H19NO5S/c13-10(12-9-4-1-2-5-9)8-18(16,17)7-3-6-11(14)15/h9H,1-8H2,(H,12,13)(H,14,15). The highest BCUT2D eigenvalue weighted by atomic mass is 32.2. The Morgan fingerprint density at radius 2 is 1.83 bits per heavy atom. The minimum Gasteiger partial charge on any atom is -0.481 e. The molecule has 0 radical (unpaired) electrons. The number of hydrogen-bond donors (Lipinski definition) is 2. The molecule has 1 amide bonds. The van der Waals surface area contributed by atoms with E-state index in [1.807, 2.05) is 0 Å². The summed E-state index contributed by atoms with van der Waals surface area (Å²) < 4.78 is 23.1. The van der Waals surface area contributed by atoms with E-state index in [1.165, 1.54) is 0 Å². The maximum absolute atomic E-state index is 11.5. The number of nitrogens with one attached hydrogen (secondary N) is 1. The maximum Gasteiger partial charge on any atom is 0.303 e. The normalized spacial score (nSPS) is 16.7. The molecular weight excluding hydrogens is 258 g/mol. The number of carbonyl (C=O) groups is 2. The quantitative estimate of drug-likeness (QED) is 0.698. The lowest BCUT2D eigenvalue weighted by Crippen LogP contribution is -2.37. The first-order chi connectivity index (χ1) is 8.39. The predicted molar refractivity (Wildman–Crippen MR) is 65.9 cm³/mol. The Bertz CT molecular complexity index is 398. The number of carboxylic acids is 1. The molecule has 0 spiro atoms. The first-order valence-electron chi connectivity index (χ1n) is 6.10. The van der Waals surface area contributed by atoms with E-state index in [1.54, 1.807) is 0 Å². The van der Waals surface area contributed by atoms with Gasteiger partial charge in [-0.3, -0.25) is 9.59 Å². The van der Waals surface area contributed by atoms with Gasteiger partial charge in [0.2, 0.25) is 5.91 Å². The highest BCUT2D eigenvalue weighted by molar-refractivity contribution is 7.92. The lowest BCUT2D eigenvalue weighted by molar-refractivity contribution is -0.137. The van der Waals surface area contributed by atoms with Crippen LogP contribution in [0.5, 0.6) is 0 Å². The summed E-state index contributed by atoms with van der Waals surface area (Å²) in [7, 11) is -3.49. The molecule has 104 valence electrons. The minimum absolute atomic E-state index is 0.0500. The summed E-state index contributed by atoms with van der Waals surface area (Å²) in [6.07, 6.45) is 3.81. The largest absolute Gasteiger partial charge is 0.481 e. The van der Waals surface area contributed by atoms with Crippen molar-refractivity contribution in [3.63, 3.8) is 0 Å². The van der Waals surface area contributed by atoms with E-state index >= 15 is 0 Å². The third kappa shape index (κ3) is 6.00. The fourth-order valence-corrected chi connectivity index (χ4v) is 3.27. The molecule has 6 nitrogen and oxygen atoms in total. The molecule has 0 saturated heterocycles. The second-order valence-electron chi connectivity index (χ2n) is 4.64. The van der Waals surface area contributed by atoms with Gasteiger partial charge in [-0.25, -0.2) is 8.42 Å². The molecule has 7 heteroatoms. The molecule has 2 N–H and O–H groups in total. The molecule has 0 bridgehead atoms. The molecule has 0 aliphatic heterocycles. The van der Waals surface area contributed by atoms with Crippen molar-refractivity contribution in [2.75, 3.05) is 11.5 Å². The number of hydrogen-bond acceptors (Lipinski definition) is 4. The van der Waals surface area contributed by atoms with Crippen molar-refractivity contribution in [3.05, 3.63) is 0 Å². The highest BCUT2D eigenvalue weighted by Crippen LogP contribution is 2.17. The number of aliphatic carboxylic acids is 1.